The van der Waals surface area contributed by atoms with E-state index in [-0.39, 0.29) is 12.1 Å². The number of pyridine rings is 1. The van der Waals surface area contributed by atoms with Crippen molar-refractivity contribution in [3.63, 3.8) is 0 Å². The summed E-state index contributed by atoms with van der Waals surface area (Å²) in [6.07, 6.45) is -0.999. The number of aromatic nitrogens is 1. The fraction of sp³-hybridized carbons (Fsp3) is 0.389. The minimum Gasteiger partial charge on any atom is -0.348 e. The van der Waals surface area contributed by atoms with Gasteiger partial charge in [0, 0.05) is 31.0 Å². The first-order valence-corrected chi connectivity index (χ1v) is 10.6. The summed E-state index contributed by atoms with van der Waals surface area (Å²) in [7, 11) is -3.33. The molecule has 0 radical (unpaired) electrons. The average Bonchev–Trinajstić information content (AvgIpc) is 3.01. The van der Waals surface area contributed by atoms with Crippen molar-refractivity contribution in [1.29, 1.82) is 0 Å². The van der Waals surface area contributed by atoms with Crippen LogP contribution in [-0.2, 0) is 16.2 Å². The summed E-state index contributed by atoms with van der Waals surface area (Å²) in [5, 5.41) is 0. The van der Waals surface area contributed by atoms with Crippen LogP contribution < -0.4 is 14.5 Å². The quantitative estimate of drug-likeness (QED) is 0.840. The summed E-state index contributed by atoms with van der Waals surface area (Å²) in [6, 6.07) is 8.46. The molecule has 2 aliphatic heterocycles. The SMILES string of the molecule is CS(=O)(=O)N[C@@H]1C[C@@H]2CN(c3ccc(C(F)(F)F)cc3)c3cccnc3N2C1. The maximum Gasteiger partial charge on any atom is 0.416 e. The molecular weight excluding hydrogens is 393 g/mol. The molecule has 0 saturated carbocycles. The van der Waals surface area contributed by atoms with Crippen LogP contribution in [0.2, 0.25) is 0 Å². The van der Waals surface area contributed by atoms with Gasteiger partial charge in [0.25, 0.3) is 0 Å². The molecule has 3 heterocycles. The van der Waals surface area contributed by atoms with Gasteiger partial charge in [0.2, 0.25) is 10.0 Å². The summed E-state index contributed by atoms with van der Waals surface area (Å²) in [5.74, 6) is 0.705. The molecule has 4 rings (SSSR count). The van der Waals surface area contributed by atoms with Crippen molar-refractivity contribution < 1.29 is 21.6 Å². The standard InChI is InChI=1S/C18H19F3N4O2S/c1-28(26,27)23-13-9-15-11-24(14-6-4-12(5-7-14)18(19,20)21)16-3-2-8-22-17(16)25(15)10-13/h2-8,13,15,23H,9-11H2,1H3/t13-,15-/m1/s1. The van der Waals surface area contributed by atoms with E-state index in [4.69, 9.17) is 0 Å². The van der Waals surface area contributed by atoms with Crippen LogP contribution in [0.5, 0.6) is 0 Å². The number of halogens is 3. The van der Waals surface area contributed by atoms with Gasteiger partial charge in [0.15, 0.2) is 5.82 Å². The second-order valence-electron chi connectivity index (χ2n) is 7.13. The normalized spacial score (nSPS) is 22.1. The third-order valence-corrected chi connectivity index (χ3v) is 5.79. The molecule has 28 heavy (non-hydrogen) atoms. The maximum absolute atomic E-state index is 12.9. The molecule has 0 bridgehead atoms. The monoisotopic (exact) mass is 412 g/mol. The van der Waals surface area contributed by atoms with Gasteiger partial charge in [-0.1, -0.05) is 0 Å². The highest BCUT2D eigenvalue weighted by molar-refractivity contribution is 7.88. The van der Waals surface area contributed by atoms with Gasteiger partial charge in [-0.25, -0.2) is 18.1 Å². The smallest absolute Gasteiger partial charge is 0.348 e. The van der Waals surface area contributed by atoms with Gasteiger partial charge in [-0.3, -0.25) is 0 Å². The Hall–Kier alpha value is -2.33. The molecule has 1 fully saturated rings. The molecule has 10 heteroatoms. The Balaban J connectivity index is 1.66. The predicted molar refractivity (Wildman–Crippen MR) is 100 cm³/mol. The van der Waals surface area contributed by atoms with Crippen molar-refractivity contribution in [3.05, 3.63) is 48.2 Å². The predicted octanol–water partition coefficient (Wildman–Crippen LogP) is 2.75. The number of rotatable bonds is 3. The van der Waals surface area contributed by atoms with Crippen LogP contribution in [-0.4, -0.2) is 44.8 Å². The molecule has 2 aromatic rings. The maximum atomic E-state index is 12.9. The van der Waals surface area contributed by atoms with Crippen LogP contribution in [0.15, 0.2) is 42.6 Å². The number of nitrogens with one attached hydrogen (secondary N) is 1. The van der Waals surface area contributed by atoms with Gasteiger partial charge >= 0.3 is 6.18 Å². The molecule has 2 aliphatic rings. The minimum absolute atomic E-state index is 0.00365. The second-order valence-corrected chi connectivity index (χ2v) is 8.91. The van der Waals surface area contributed by atoms with Gasteiger partial charge in [0.05, 0.1) is 23.5 Å². The van der Waals surface area contributed by atoms with E-state index < -0.39 is 21.8 Å². The summed E-state index contributed by atoms with van der Waals surface area (Å²) >= 11 is 0. The van der Waals surface area contributed by atoms with Crippen molar-refractivity contribution in [2.45, 2.75) is 24.7 Å². The number of anilines is 3. The number of benzene rings is 1. The van der Waals surface area contributed by atoms with Crippen molar-refractivity contribution >= 4 is 27.2 Å². The molecule has 6 nitrogen and oxygen atoms in total. The fourth-order valence-corrected chi connectivity index (χ4v) is 4.72. The van der Waals surface area contributed by atoms with Crippen LogP contribution in [0.1, 0.15) is 12.0 Å². The lowest BCUT2D eigenvalue weighted by Gasteiger charge is -2.40. The number of sulfonamides is 1. The fourth-order valence-electron chi connectivity index (χ4n) is 3.94. The van der Waals surface area contributed by atoms with E-state index in [0.717, 1.165) is 24.1 Å². The molecule has 1 aromatic heterocycles. The molecule has 0 aliphatic carbocycles. The molecule has 1 aromatic carbocycles. The van der Waals surface area contributed by atoms with E-state index in [0.29, 0.717) is 31.0 Å². The molecule has 1 saturated heterocycles. The van der Waals surface area contributed by atoms with E-state index in [1.165, 1.54) is 12.1 Å². The minimum atomic E-state index is -4.38. The first kappa shape index (κ1) is 19.0. The van der Waals surface area contributed by atoms with Crippen molar-refractivity contribution in [1.82, 2.24) is 9.71 Å². The topological polar surface area (TPSA) is 65.5 Å². The Morgan fingerprint density at radius 1 is 1.14 bits per heavy atom. The number of hydrogen-bond donors (Lipinski definition) is 1. The summed E-state index contributed by atoms with van der Waals surface area (Å²) in [6.45, 7) is 1.04. The van der Waals surface area contributed by atoms with Crippen LogP contribution >= 0.6 is 0 Å². The van der Waals surface area contributed by atoms with E-state index in [2.05, 4.69) is 14.6 Å². The first-order chi connectivity index (χ1) is 13.1. The van der Waals surface area contributed by atoms with Crippen LogP contribution in [0.25, 0.3) is 0 Å². The summed E-state index contributed by atoms with van der Waals surface area (Å²) in [5.41, 5.74) is 0.736. The highest BCUT2D eigenvalue weighted by Gasteiger charge is 2.40. The van der Waals surface area contributed by atoms with Gasteiger partial charge in [0.1, 0.15) is 0 Å². The van der Waals surface area contributed by atoms with Gasteiger partial charge < -0.3 is 9.80 Å². The van der Waals surface area contributed by atoms with E-state index in [9.17, 15) is 21.6 Å². The summed E-state index contributed by atoms with van der Waals surface area (Å²) in [4.78, 5) is 8.46. The summed E-state index contributed by atoms with van der Waals surface area (Å²) < 4.78 is 64.4. The molecule has 0 amide bonds. The van der Waals surface area contributed by atoms with Crippen molar-refractivity contribution in [3.8, 4) is 0 Å². The number of alkyl halides is 3. The third-order valence-electron chi connectivity index (χ3n) is 5.02. The van der Waals surface area contributed by atoms with Crippen LogP contribution in [0.4, 0.5) is 30.4 Å². The van der Waals surface area contributed by atoms with Crippen molar-refractivity contribution in [2.24, 2.45) is 0 Å². The second kappa shape index (κ2) is 6.63. The lowest BCUT2D eigenvalue weighted by atomic mass is 10.1. The Bertz CT molecular complexity index is 979. The lowest BCUT2D eigenvalue weighted by Crippen LogP contribution is -2.44. The van der Waals surface area contributed by atoms with Crippen LogP contribution in [0.3, 0.4) is 0 Å². The zero-order valence-corrected chi connectivity index (χ0v) is 15.8. The highest BCUT2D eigenvalue weighted by Crippen LogP contribution is 2.42. The molecule has 0 spiro atoms. The van der Waals surface area contributed by atoms with E-state index in [1.54, 1.807) is 12.3 Å². The van der Waals surface area contributed by atoms with Crippen molar-refractivity contribution in [2.75, 3.05) is 29.1 Å². The average molecular weight is 412 g/mol. The van der Waals surface area contributed by atoms with Gasteiger partial charge in [-0.05, 0) is 42.8 Å². The van der Waals surface area contributed by atoms with Gasteiger partial charge in [-0.2, -0.15) is 13.2 Å². The van der Waals surface area contributed by atoms with E-state index in [1.807, 2.05) is 11.0 Å². The molecular formula is C18H19F3N4O2S. The number of fused-ring (bicyclic) bond motifs is 3. The number of nitrogens with zero attached hydrogens (tertiary/aromatic N) is 3. The zero-order chi connectivity index (χ0) is 20.1. The van der Waals surface area contributed by atoms with Gasteiger partial charge in [-0.15, -0.1) is 0 Å². The number of hydrogen-bond acceptors (Lipinski definition) is 5. The highest BCUT2D eigenvalue weighted by atomic mass is 32.2. The zero-order valence-electron chi connectivity index (χ0n) is 15.0. The molecule has 2 atom stereocenters. The van der Waals surface area contributed by atoms with E-state index >= 15 is 0 Å². The largest absolute Gasteiger partial charge is 0.416 e. The molecule has 0 unspecified atom stereocenters. The molecule has 150 valence electrons. The Labute approximate surface area is 161 Å². The third kappa shape index (κ3) is 3.66. The molecule has 1 N–H and O–H groups in total. The Morgan fingerprint density at radius 3 is 2.50 bits per heavy atom. The Morgan fingerprint density at radius 2 is 1.86 bits per heavy atom. The Kier molecular flexibility index (Phi) is 4.50. The van der Waals surface area contributed by atoms with Crippen LogP contribution in [0, 0.1) is 0 Å². The first-order valence-electron chi connectivity index (χ1n) is 8.75. The lowest BCUT2D eigenvalue weighted by molar-refractivity contribution is -0.137.